The van der Waals surface area contributed by atoms with Crippen LogP contribution in [-0.4, -0.2) is 124 Å². The Morgan fingerprint density at radius 1 is 0.252 bits per heavy atom. The Balaban J connectivity index is 0.993. The number of hydrogen-bond acceptors (Lipinski definition) is 18. The second-order valence-electron chi connectivity index (χ2n) is 25.6. The van der Waals surface area contributed by atoms with E-state index >= 15 is 0 Å². The number of rotatable bonds is 36. The molecule has 3 saturated heterocycles. The zero-order chi connectivity index (χ0) is 70.6. The summed E-state index contributed by atoms with van der Waals surface area (Å²) in [4.78, 5) is 26.3. The summed E-state index contributed by atoms with van der Waals surface area (Å²) in [7, 11) is 0. The predicted octanol–water partition coefficient (Wildman–Crippen LogP) is 13.6. The van der Waals surface area contributed by atoms with Gasteiger partial charge in [0.1, 0.15) is 73.8 Å². The van der Waals surface area contributed by atoms with Gasteiger partial charge < -0.3 is 75.8 Å². The average Bonchev–Trinajstić information content (AvgIpc) is 0.764. The maximum Gasteiger partial charge on any atom is 0.303 e. The summed E-state index contributed by atoms with van der Waals surface area (Å²) in [6.07, 6.45) is -17.0. The van der Waals surface area contributed by atoms with E-state index in [0.717, 1.165) is 50.1 Å². The lowest BCUT2D eigenvalue weighted by Crippen LogP contribution is -2.68. The minimum Gasteiger partial charge on any atom is -0.463 e. The molecule has 15 atom stereocenters. The lowest BCUT2D eigenvalue weighted by atomic mass is 9.95. The van der Waals surface area contributed by atoms with Crippen molar-refractivity contribution in [3.05, 3.63) is 323 Å². The molecule has 3 aliphatic rings. The normalized spacial score (nSPS) is 24.8. The molecule has 0 aromatic heterocycles. The zero-order valence-corrected chi connectivity index (χ0v) is 58.0. The van der Waals surface area contributed by atoms with Crippen LogP contribution in [0.1, 0.15) is 63.9 Å². The van der Waals surface area contributed by atoms with Crippen molar-refractivity contribution in [2.24, 2.45) is 0 Å². The molecule has 9 aromatic carbocycles. The first kappa shape index (κ1) is 74.1. The monoisotopic (exact) mass is 1400 g/mol. The quantitative estimate of drug-likeness (QED) is 0.0338. The second kappa shape index (κ2) is 39.3. The molecule has 3 fully saturated rings. The lowest BCUT2D eigenvalue weighted by molar-refractivity contribution is -0.394. The van der Waals surface area contributed by atoms with Crippen molar-refractivity contribution in [2.75, 3.05) is 19.8 Å². The van der Waals surface area contributed by atoms with Crippen molar-refractivity contribution in [3.8, 4) is 0 Å². The molecule has 12 rings (SSSR count). The van der Waals surface area contributed by atoms with Gasteiger partial charge in [0.2, 0.25) is 0 Å². The molecule has 538 valence electrons. The van der Waals surface area contributed by atoms with Crippen molar-refractivity contribution in [1.29, 1.82) is 0 Å². The molecule has 3 aliphatic heterocycles. The van der Waals surface area contributed by atoms with Gasteiger partial charge in [-0.2, -0.15) is 0 Å². The van der Waals surface area contributed by atoms with E-state index in [4.69, 9.17) is 75.8 Å². The van der Waals surface area contributed by atoms with Gasteiger partial charge in [0.25, 0.3) is 0 Å². The number of carbonyl (C=O) groups excluding carboxylic acids is 2. The van der Waals surface area contributed by atoms with E-state index < -0.39 is 104 Å². The molecule has 0 N–H and O–H groups in total. The van der Waals surface area contributed by atoms with Crippen LogP contribution in [0, 0.1) is 0 Å². The Kier molecular flexibility index (Phi) is 28.3. The molecule has 103 heavy (non-hydrogen) atoms. The molecule has 18 heteroatoms. The van der Waals surface area contributed by atoms with Gasteiger partial charge in [-0.1, -0.05) is 273 Å². The van der Waals surface area contributed by atoms with Crippen LogP contribution < -0.4 is 0 Å². The number of carbonyl (C=O) groups is 2. The first-order valence-corrected chi connectivity index (χ1v) is 35.1. The summed E-state index contributed by atoms with van der Waals surface area (Å²) in [5.41, 5.74) is 7.91. The van der Waals surface area contributed by atoms with Gasteiger partial charge in [0.15, 0.2) is 25.0 Å². The van der Waals surface area contributed by atoms with Gasteiger partial charge in [-0.15, -0.1) is 0 Å². The summed E-state index contributed by atoms with van der Waals surface area (Å²) >= 11 is 0. The van der Waals surface area contributed by atoms with Crippen LogP contribution in [0.2, 0.25) is 0 Å². The standard InChI is InChI=1S/C85H90O18/c1-60(86)90-59-73-74(98-61(2)87)77(91-50-64-34-16-5-17-35-64)81(95-54-68-42-24-9-25-43-68)85(101-73)103-76-72(58-89-49-63-32-14-4-15-33-63)100-84(82(96-55-69-44-26-10-27-45-69)79(76)93-52-66-38-20-7-21-39-66)102-75-71(57-88-48-62-30-12-3-13-31-62)99-83(97-56-70-46-28-11-29-47-70)80(94-53-67-40-22-8-23-41-67)78(75)92-51-65-36-18-6-19-37-65/h3-47,71-85H,48-59H2,1-2H3/t71-,72-,73-,74+,75-,76+,77+,78+,79+,80-,81-,82-,83-,84+,85-/m1/s1. The minimum atomic E-state index is -1.42. The SMILES string of the molecule is CC(=O)OC[C@H]1O[C@H](O[C@@H]2[C@H](OCc3ccccc3)[C@@H](OCc3ccccc3)[C@H](O[C@H]3[C@H](OCc4ccccc4)[C@@H](OCc4ccccc4)[C@H](OCc4ccccc4)O[C@@H]3COCc3ccccc3)O[C@@H]2COCc2ccccc2)[C@H](OCc2ccccc2)[C@@H](OCc2ccccc2)[C@H]1OC(C)=O. The Hall–Kier alpha value is -8.64. The van der Waals surface area contributed by atoms with Gasteiger partial charge in [-0.25, -0.2) is 0 Å². The molecule has 0 aliphatic carbocycles. The van der Waals surface area contributed by atoms with E-state index in [1.54, 1.807) is 0 Å². The Morgan fingerprint density at radius 2 is 0.485 bits per heavy atom. The topological polar surface area (TPSA) is 182 Å². The summed E-state index contributed by atoms with van der Waals surface area (Å²) in [6.45, 7) is 3.19. The molecule has 0 unspecified atom stereocenters. The molecule has 18 nitrogen and oxygen atoms in total. The number of esters is 2. The molecule has 0 radical (unpaired) electrons. The van der Waals surface area contributed by atoms with Crippen LogP contribution in [0.5, 0.6) is 0 Å². The van der Waals surface area contributed by atoms with E-state index in [-0.39, 0.29) is 79.3 Å². The van der Waals surface area contributed by atoms with Crippen molar-refractivity contribution in [2.45, 2.75) is 165 Å². The maximum absolute atomic E-state index is 13.4. The molecular formula is C85H90O18. The molecule has 0 bridgehead atoms. The van der Waals surface area contributed by atoms with Crippen LogP contribution >= 0.6 is 0 Å². The van der Waals surface area contributed by atoms with E-state index in [9.17, 15) is 9.59 Å². The largest absolute Gasteiger partial charge is 0.463 e. The first-order valence-electron chi connectivity index (χ1n) is 35.1. The van der Waals surface area contributed by atoms with Crippen molar-refractivity contribution in [3.63, 3.8) is 0 Å². The minimum absolute atomic E-state index is 0.00729. The van der Waals surface area contributed by atoms with Gasteiger partial charge in [-0.3, -0.25) is 9.59 Å². The highest BCUT2D eigenvalue weighted by Crippen LogP contribution is 2.40. The van der Waals surface area contributed by atoms with Crippen LogP contribution in [0.3, 0.4) is 0 Å². The number of benzene rings is 9. The van der Waals surface area contributed by atoms with Gasteiger partial charge in [0, 0.05) is 13.8 Å². The highest BCUT2D eigenvalue weighted by molar-refractivity contribution is 5.66. The van der Waals surface area contributed by atoms with Crippen molar-refractivity contribution >= 4 is 11.9 Å². The average molecular weight is 1400 g/mol. The summed E-state index contributed by atoms with van der Waals surface area (Å²) in [6, 6.07) is 88.2. The van der Waals surface area contributed by atoms with E-state index in [2.05, 4.69) is 0 Å². The highest BCUT2D eigenvalue weighted by atomic mass is 16.8. The summed E-state index contributed by atoms with van der Waals surface area (Å²) in [5.74, 6) is -1.22. The van der Waals surface area contributed by atoms with Gasteiger partial charge in [0.05, 0.1) is 72.7 Å². The number of ether oxygens (including phenoxy) is 16. The second-order valence-corrected chi connectivity index (χ2v) is 25.6. The fraction of sp³-hybridized carbons (Fsp3) is 0.341. The summed E-state index contributed by atoms with van der Waals surface area (Å²) < 4.78 is 113. The van der Waals surface area contributed by atoms with Crippen LogP contribution in [0.4, 0.5) is 0 Å². The Bertz CT molecular complexity index is 3860. The van der Waals surface area contributed by atoms with Crippen LogP contribution in [0.15, 0.2) is 273 Å². The summed E-state index contributed by atoms with van der Waals surface area (Å²) in [5, 5.41) is 0. The smallest absolute Gasteiger partial charge is 0.303 e. The lowest BCUT2D eigenvalue weighted by Gasteiger charge is -2.51. The molecule has 0 spiro atoms. The molecule has 0 saturated carbocycles. The third kappa shape index (κ3) is 22.2. The zero-order valence-electron chi connectivity index (χ0n) is 58.0. The van der Waals surface area contributed by atoms with E-state index in [1.165, 1.54) is 13.8 Å². The van der Waals surface area contributed by atoms with Crippen molar-refractivity contribution < 1.29 is 85.4 Å². The van der Waals surface area contributed by atoms with Crippen LogP contribution in [0.25, 0.3) is 0 Å². The van der Waals surface area contributed by atoms with Crippen molar-refractivity contribution in [1.82, 2.24) is 0 Å². The fourth-order valence-corrected chi connectivity index (χ4v) is 12.7. The van der Waals surface area contributed by atoms with Crippen LogP contribution in [-0.2, 0) is 145 Å². The Labute approximate surface area is 602 Å². The predicted molar refractivity (Wildman–Crippen MR) is 381 cm³/mol. The third-order valence-electron chi connectivity index (χ3n) is 17.9. The molecule has 9 aromatic rings. The maximum atomic E-state index is 13.4. The van der Waals surface area contributed by atoms with Gasteiger partial charge in [-0.05, 0) is 50.1 Å². The fourth-order valence-electron chi connectivity index (χ4n) is 12.7. The first-order chi connectivity index (χ1) is 50.7. The molecule has 3 heterocycles. The van der Waals surface area contributed by atoms with E-state index in [1.807, 2.05) is 273 Å². The number of hydrogen-bond donors (Lipinski definition) is 0. The molecular weight excluding hydrogens is 1310 g/mol. The highest BCUT2D eigenvalue weighted by Gasteiger charge is 2.58. The molecule has 0 amide bonds. The Morgan fingerprint density at radius 3 is 0.767 bits per heavy atom. The van der Waals surface area contributed by atoms with E-state index in [0.29, 0.717) is 0 Å². The third-order valence-corrected chi connectivity index (χ3v) is 17.9. The van der Waals surface area contributed by atoms with Gasteiger partial charge >= 0.3 is 11.9 Å².